The van der Waals surface area contributed by atoms with Crippen LogP contribution in [0.3, 0.4) is 0 Å². The molecular weight excluding hydrogens is 290 g/mol. The van der Waals surface area contributed by atoms with Crippen LogP contribution in [0.5, 0.6) is 5.75 Å². The Hall–Kier alpha value is -1.75. The molecule has 2 amide bonds. The van der Waals surface area contributed by atoms with Crippen molar-refractivity contribution < 1.29 is 9.53 Å². The fraction of sp³-hybridized carbons (Fsp3) is 0.611. The zero-order chi connectivity index (χ0) is 16.1. The Morgan fingerprint density at radius 3 is 2.83 bits per heavy atom. The molecule has 1 aromatic rings. The van der Waals surface area contributed by atoms with E-state index in [1.165, 1.54) is 19.3 Å². The maximum atomic E-state index is 12.5. The predicted molar refractivity (Wildman–Crippen MR) is 90.6 cm³/mol. The lowest BCUT2D eigenvalue weighted by atomic mass is 10.1. The van der Waals surface area contributed by atoms with Gasteiger partial charge in [-0.3, -0.25) is 4.90 Å². The molecule has 0 saturated carbocycles. The van der Waals surface area contributed by atoms with Gasteiger partial charge < -0.3 is 15.0 Å². The molecule has 0 spiro atoms. The molecule has 2 heterocycles. The number of likely N-dealkylation sites (tertiary alicyclic amines) is 1. The molecular formula is C18H27N3O2. The van der Waals surface area contributed by atoms with Gasteiger partial charge >= 0.3 is 6.03 Å². The zero-order valence-corrected chi connectivity index (χ0v) is 14.0. The zero-order valence-electron chi connectivity index (χ0n) is 14.0. The van der Waals surface area contributed by atoms with Crippen molar-refractivity contribution in [1.29, 1.82) is 0 Å². The summed E-state index contributed by atoms with van der Waals surface area (Å²) in [6.07, 6.45) is 3.89. The lowest BCUT2D eigenvalue weighted by Gasteiger charge is -2.33. The van der Waals surface area contributed by atoms with Gasteiger partial charge in [0.1, 0.15) is 12.4 Å². The van der Waals surface area contributed by atoms with Gasteiger partial charge in [0.2, 0.25) is 0 Å². The molecule has 126 valence electrons. The van der Waals surface area contributed by atoms with Crippen LogP contribution in [0.1, 0.15) is 31.7 Å². The van der Waals surface area contributed by atoms with Gasteiger partial charge in [-0.05, 0) is 38.9 Å². The van der Waals surface area contributed by atoms with Crippen LogP contribution in [-0.4, -0.2) is 54.7 Å². The Kier molecular flexibility index (Phi) is 5.39. The van der Waals surface area contributed by atoms with E-state index in [-0.39, 0.29) is 6.03 Å². The molecule has 1 aromatic carbocycles. The molecule has 0 aromatic heterocycles. The van der Waals surface area contributed by atoms with Crippen molar-refractivity contribution in [3.8, 4) is 5.75 Å². The molecule has 1 fully saturated rings. The van der Waals surface area contributed by atoms with E-state index in [4.69, 9.17) is 4.74 Å². The number of nitrogens with one attached hydrogen (secondary N) is 1. The summed E-state index contributed by atoms with van der Waals surface area (Å²) < 4.78 is 5.72. The summed E-state index contributed by atoms with van der Waals surface area (Å²) in [7, 11) is 0. The Morgan fingerprint density at radius 2 is 2.00 bits per heavy atom. The first kappa shape index (κ1) is 16.1. The van der Waals surface area contributed by atoms with Crippen molar-refractivity contribution in [3.05, 3.63) is 29.8 Å². The van der Waals surface area contributed by atoms with Gasteiger partial charge in [0, 0.05) is 18.2 Å². The molecule has 1 saturated heterocycles. The minimum absolute atomic E-state index is 0.00848. The Balaban J connectivity index is 1.52. The molecule has 5 nitrogen and oxygen atoms in total. The summed E-state index contributed by atoms with van der Waals surface area (Å²) in [4.78, 5) is 16.8. The van der Waals surface area contributed by atoms with E-state index in [1.807, 2.05) is 29.2 Å². The van der Waals surface area contributed by atoms with Gasteiger partial charge in [-0.1, -0.05) is 24.6 Å². The quantitative estimate of drug-likeness (QED) is 0.931. The molecule has 0 radical (unpaired) electrons. The molecule has 1 unspecified atom stereocenters. The minimum Gasteiger partial charge on any atom is -0.491 e. The number of hydrogen-bond acceptors (Lipinski definition) is 3. The molecule has 1 atom stereocenters. The molecule has 2 aliphatic rings. The van der Waals surface area contributed by atoms with E-state index in [9.17, 15) is 4.79 Å². The van der Waals surface area contributed by atoms with Crippen LogP contribution in [0.4, 0.5) is 4.79 Å². The van der Waals surface area contributed by atoms with Crippen molar-refractivity contribution in [1.82, 2.24) is 15.1 Å². The van der Waals surface area contributed by atoms with Gasteiger partial charge in [0.15, 0.2) is 0 Å². The highest BCUT2D eigenvalue weighted by molar-refractivity contribution is 5.74. The monoisotopic (exact) mass is 317 g/mol. The summed E-state index contributed by atoms with van der Waals surface area (Å²) >= 11 is 0. The molecule has 3 rings (SSSR count). The van der Waals surface area contributed by atoms with Gasteiger partial charge in [-0.2, -0.15) is 0 Å². The highest BCUT2D eigenvalue weighted by Gasteiger charge is 2.21. The number of urea groups is 1. The average Bonchev–Trinajstić information content (AvgIpc) is 2.82. The Labute approximate surface area is 138 Å². The van der Waals surface area contributed by atoms with Crippen molar-refractivity contribution >= 4 is 6.03 Å². The van der Waals surface area contributed by atoms with Crippen LogP contribution in [0.25, 0.3) is 0 Å². The van der Waals surface area contributed by atoms with Crippen LogP contribution in [0.15, 0.2) is 24.3 Å². The molecule has 2 aliphatic heterocycles. The normalized spacial score (nSPS) is 20.1. The number of amides is 2. The summed E-state index contributed by atoms with van der Waals surface area (Å²) in [5.41, 5.74) is 1.07. The highest BCUT2D eigenvalue weighted by Crippen LogP contribution is 2.22. The number of rotatable bonds is 3. The molecule has 1 N–H and O–H groups in total. The van der Waals surface area contributed by atoms with E-state index in [1.54, 1.807) is 0 Å². The standard InChI is InChI=1S/C18H27N3O2/c1-15(20-9-5-2-6-10-20)13-19-18(22)21-11-12-23-17-8-4-3-7-16(17)14-21/h3-4,7-8,15H,2,5-6,9-14H2,1H3,(H,19,22). The van der Waals surface area contributed by atoms with E-state index in [2.05, 4.69) is 17.1 Å². The SMILES string of the molecule is CC(CNC(=O)N1CCOc2ccccc2C1)N1CCCCC1. The smallest absolute Gasteiger partial charge is 0.317 e. The summed E-state index contributed by atoms with van der Waals surface area (Å²) in [6.45, 7) is 7.00. The number of benzene rings is 1. The van der Waals surface area contributed by atoms with Crippen molar-refractivity contribution in [2.75, 3.05) is 32.8 Å². The lowest BCUT2D eigenvalue weighted by Crippen LogP contribution is -2.48. The number of hydrogen-bond donors (Lipinski definition) is 1. The van der Waals surface area contributed by atoms with E-state index in [0.29, 0.717) is 32.3 Å². The maximum Gasteiger partial charge on any atom is 0.317 e. The molecule has 23 heavy (non-hydrogen) atoms. The second kappa shape index (κ2) is 7.68. The van der Waals surface area contributed by atoms with E-state index < -0.39 is 0 Å². The second-order valence-corrected chi connectivity index (χ2v) is 6.51. The Bertz CT molecular complexity index is 529. The van der Waals surface area contributed by atoms with E-state index >= 15 is 0 Å². The largest absolute Gasteiger partial charge is 0.491 e. The topological polar surface area (TPSA) is 44.8 Å². The summed E-state index contributed by atoms with van der Waals surface area (Å²) in [5.74, 6) is 0.893. The number of piperidine rings is 1. The predicted octanol–water partition coefficient (Wildman–Crippen LogP) is 2.46. The number of para-hydroxylation sites is 1. The van der Waals surface area contributed by atoms with E-state index in [0.717, 1.165) is 24.4 Å². The number of ether oxygens (including phenoxy) is 1. The van der Waals surface area contributed by atoms with Crippen LogP contribution >= 0.6 is 0 Å². The second-order valence-electron chi connectivity index (χ2n) is 6.51. The van der Waals surface area contributed by atoms with Gasteiger partial charge in [-0.15, -0.1) is 0 Å². The first-order valence-electron chi connectivity index (χ1n) is 8.71. The first-order chi connectivity index (χ1) is 11.2. The molecule has 0 aliphatic carbocycles. The molecule has 5 heteroatoms. The van der Waals surface area contributed by atoms with Crippen LogP contribution in [0, 0.1) is 0 Å². The summed E-state index contributed by atoms with van der Waals surface area (Å²) in [5, 5.41) is 3.10. The van der Waals surface area contributed by atoms with Crippen molar-refractivity contribution in [3.63, 3.8) is 0 Å². The van der Waals surface area contributed by atoms with Crippen LogP contribution < -0.4 is 10.1 Å². The fourth-order valence-electron chi connectivity index (χ4n) is 3.33. The maximum absolute atomic E-state index is 12.5. The summed E-state index contributed by atoms with van der Waals surface area (Å²) in [6, 6.07) is 8.35. The van der Waals surface area contributed by atoms with Crippen LogP contribution in [0.2, 0.25) is 0 Å². The number of fused-ring (bicyclic) bond motifs is 1. The van der Waals surface area contributed by atoms with Gasteiger partial charge in [0.25, 0.3) is 0 Å². The third-order valence-corrected chi connectivity index (χ3v) is 4.80. The average molecular weight is 317 g/mol. The number of carbonyl (C=O) groups is 1. The number of nitrogens with zero attached hydrogens (tertiary/aromatic N) is 2. The third-order valence-electron chi connectivity index (χ3n) is 4.80. The fourth-order valence-corrected chi connectivity index (χ4v) is 3.33. The minimum atomic E-state index is 0.00848. The lowest BCUT2D eigenvalue weighted by molar-refractivity contribution is 0.160. The Morgan fingerprint density at radius 1 is 1.22 bits per heavy atom. The molecule has 0 bridgehead atoms. The number of carbonyl (C=O) groups excluding carboxylic acids is 1. The third kappa shape index (κ3) is 4.16. The van der Waals surface area contributed by atoms with Crippen molar-refractivity contribution in [2.24, 2.45) is 0 Å². The van der Waals surface area contributed by atoms with Crippen LogP contribution in [-0.2, 0) is 6.54 Å². The van der Waals surface area contributed by atoms with Gasteiger partial charge in [0.05, 0.1) is 13.1 Å². The van der Waals surface area contributed by atoms with Gasteiger partial charge in [-0.25, -0.2) is 4.79 Å². The van der Waals surface area contributed by atoms with Crippen molar-refractivity contribution in [2.45, 2.75) is 38.8 Å². The first-order valence-corrected chi connectivity index (χ1v) is 8.71. The highest BCUT2D eigenvalue weighted by atomic mass is 16.5.